The van der Waals surface area contributed by atoms with Crippen LogP contribution in [0.1, 0.15) is 13.8 Å². The van der Waals surface area contributed by atoms with Crippen LogP contribution in [0.2, 0.25) is 0 Å². The van der Waals surface area contributed by atoms with Crippen molar-refractivity contribution in [2.45, 2.75) is 13.8 Å². The average molecular weight is 324 g/mol. The summed E-state index contributed by atoms with van der Waals surface area (Å²) < 4.78 is 49.5. The molecule has 0 aromatic carbocycles. The molecular formula is C8H22ClN3O4S2. The monoisotopic (exact) mass is 323 g/mol. The molecule has 0 saturated carbocycles. The van der Waals surface area contributed by atoms with Crippen molar-refractivity contribution >= 4 is 32.5 Å². The third-order valence-electron chi connectivity index (χ3n) is 1.95. The zero-order chi connectivity index (χ0) is 13.4. The zero-order valence-electron chi connectivity index (χ0n) is 10.6. The lowest BCUT2D eigenvalue weighted by molar-refractivity contribution is 0.573. The molecule has 0 aliphatic rings. The fourth-order valence-electron chi connectivity index (χ4n) is 0.977. The third kappa shape index (κ3) is 11.2. The molecule has 7 nitrogen and oxygen atoms in total. The minimum atomic E-state index is -3.41. The molecule has 0 radical (unpaired) electrons. The van der Waals surface area contributed by atoms with Gasteiger partial charge in [0.25, 0.3) is 0 Å². The fourth-order valence-corrected chi connectivity index (χ4v) is 2.65. The van der Waals surface area contributed by atoms with E-state index in [1.807, 2.05) is 6.92 Å². The van der Waals surface area contributed by atoms with Gasteiger partial charge in [-0.1, -0.05) is 6.92 Å². The molecule has 0 fully saturated rings. The molecule has 10 heteroatoms. The molecular weight excluding hydrogens is 302 g/mol. The van der Waals surface area contributed by atoms with Gasteiger partial charge in [0.05, 0.1) is 11.5 Å². The van der Waals surface area contributed by atoms with Gasteiger partial charge >= 0.3 is 0 Å². The number of hydrogen-bond donors (Lipinski definition) is 3. The van der Waals surface area contributed by atoms with E-state index in [1.165, 1.54) is 6.92 Å². The second-order valence-electron chi connectivity index (χ2n) is 3.36. The van der Waals surface area contributed by atoms with Gasteiger partial charge in [0.1, 0.15) is 0 Å². The largest absolute Gasteiger partial charge is 0.316 e. The van der Waals surface area contributed by atoms with Gasteiger partial charge < -0.3 is 5.32 Å². The Morgan fingerprint density at radius 1 is 0.833 bits per heavy atom. The topological polar surface area (TPSA) is 104 Å². The third-order valence-corrected chi connectivity index (χ3v) is 4.74. The van der Waals surface area contributed by atoms with Crippen LogP contribution in [0.3, 0.4) is 0 Å². The van der Waals surface area contributed by atoms with E-state index in [2.05, 4.69) is 14.8 Å². The normalized spacial score (nSPS) is 12.1. The molecule has 0 bridgehead atoms. The van der Waals surface area contributed by atoms with Gasteiger partial charge in [-0.25, -0.2) is 26.3 Å². The summed E-state index contributed by atoms with van der Waals surface area (Å²) >= 11 is 0. The number of nitrogens with one attached hydrogen (secondary N) is 3. The number of rotatable bonds is 10. The maximum atomic E-state index is 11.4. The fraction of sp³-hybridized carbons (Fsp3) is 1.00. The maximum absolute atomic E-state index is 11.4. The van der Waals surface area contributed by atoms with E-state index in [1.54, 1.807) is 0 Å². The minimum Gasteiger partial charge on any atom is -0.316 e. The minimum absolute atomic E-state index is 0. The predicted molar refractivity (Wildman–Crippen MR) is 75.0 cm³/mol. The van der Waals surface area contributed by atoms with Crippen LogP contribution in [0.4, 0.5) is 0 Å². The molecule has 0 atom stereocenters. The summed E-state index contributed by atoms with van der Waals surface area (Å²) in [5.74, 6) is -0.306. The molecule has 0 aromatic heterocycles. The van der Waals surface area contributed by atoms with Crippen molar-refractivity contribution in [2.24, 2.45) is 0 Å². The molecule has 0 unspecified atom stereocenters. The van der Waals surface area contributed by atoms with Crippen LogP contribution in [0.25, 0.3) is 0 Å². The standard InChI is InChI=1S/C8H21N3O4S2.ClH/c1-3-9-5-6-10-17(14,15)8-7-11-16(12,13)4-2;/h9-11H,3-8H2,1-2H3;1H. The summed E-state index contributed by atoms with van der Waals surface area (Å²) in [6.07, 6.45) is 0. The molecule has 3 N–H and O–H groups in total. The Balaban J connectivity index is 0. The SMILES string of the molecule is CCNCCNS(=O)(=O)CCNS(=O)(=O)CC.Cl. The highest BCUT2D eigenvalue weighted by Crippen LogP contribution is 1.85. The lowest BCUT2D eigenvalue weighted by atomic mass is 10.6. The highest BCUT2D eigenvalue weighted by molar-refractivity contribution is 7.90. The lowest BCUT2D eigenvalue weighted by Crippen LogP contribution is -2.37. The van der Waals surface area contributed by atoms with Gasteiger partial charge in [-0.05, 0) is 13.5 Å². The summed E-state index contributed by atoms with van der Waals surface area (Å²) in [6.45, 7) is 4.94. The molecule has 0 amide bonds. The van der Waals surface area contributed by atoms with Crippen LogP contribution >= 0.6 is 12.4 Å². The summed E-state index contributed by atoms with van der Waals surface area (Å²) in [4.78, 5) is 0. The smallest absolute Gasteiger partial charge is 0.212 e. The summed E-state index contributed by atoms with van der Waals surface area (Å²) in [5, 5.41) is 2.97. The van der Waals surface area contributed by atoms with E-state index >= 15 is 0 Å². The van der Waals surface area contributed by atoms with Crippen molar-refractivity contribution in [3.63, 3.8) is 0 Å². The van der Waals surface area contributed by atoms with E-state index in [0.29, 0.717) is 13.1 Å². The Morgan fingerprint density at radius 2 is 1.39 bits per heavy atom. The van der Waals surface area contributed by atoms with Gasteiger partial charge in [0.2, 0.25) is 20.0 Å². The first-order valence-electron chi connectivity index (χ1n) is 5.48. The first kappa shape index (κ1) is 20.4. The average Bonchev–Trinajstić information content (AvgIpc) is 2.24. The van der Waals surface area contributed by atoms with Crippen molar-refractivity contribution in [2.75, 3.05) is 37.7 Å². The van der Waals surface area contributed by atoms with Gasteiger partial charge in [-0.3, -0.25) is 0 Å². The van der Waals surface area contributed by atoms with Crippen LogP contribution in [0.15, 0.2) is 0 Å². The van der Waals surface area contributed by atoms with Crippen LogP contribution in [0, 0.1) is 0 Å². The second kappa shape index (κ2) is 9.93. The number of sulfonamides is 2. The molecule has 0 heterocycles. The molecule has 0 rings (SSSR count). The van der Waals surface area contributed by atoms with E-state index in [4.69, 9.17) is 0 Å². The van der Waals surface area contributed by atoms with Crippen LogP contribution in [-0.4, -0.2) is 54.5 Å². The maximum Gasteiger partial charge on any atom is 0.212 e. The van der Waals surface area contributed by atoms with Crippen molar-refractivity contribution in [1.29, 1.82) is 0 Å². The Labute approximate surface area is 116 Å². The van der Waals surface area contributed by atoms with E-state index in [9.17, 15) is 16.8 Å². The van der Waals surface area contributed by atoms with E-state index in [-0.39, 0.29) is 30.5 Å². The molecule has 112 valence electrons. The van der Waals surface area contributed by atoms with Gasteiger partial charge in [0, 0.05) is 19.6 Å². The van der Waals surface area contributed by atoms with E-state index in [0.717, 1.165) is 6.54 Å². The molecule has 0 spiro atoms. The number of likely N-dealkylation sites (N-methyl/N-ethyl adjacent to an activating group) is 1. The highest BCUT2D eigenvalue weighted by atomic mass is 35.5. The Bertz CT molecular complexity index is 397. The Kier molecular flexibility index (Phi) is 11.2. The number of hydrogen-bond acceptors (Lipinski definition) is 5. The van der Waals surface area contributed by atoms with Crippen LogP contribution in [-0.2, 0) is 20.0 Å². The number of halogens is 1. The van der Waals surface area contributed by atoms with Crippen LogP contribution in [0.5, 0.6) is 0 Å². The van der Waals surface area contributed by atoms with Gasteiger partial charge in [-0.2, -0.15) is 0 Å². The summed E-state index contributed by atoms with van der Waals surface area (Å²) in [6, 6.07) is 0. The Morgan fingerprint density at radius 3 is 1.89 bits per heavy atom. The van der Waals surface area contributed by atoms with Gasteiger partial charge in [-0.15, -0.1) is 12.4 Å². The molecule has 0 aliphatic carbocycles. The first-order chi connectivity index (χ1) is 7.83. The molecule has 0 aromatic rings. The summed E-state index contributed by atoms with van der Waals surface area (Å²) in [5.41, 5.74) is 0. The van der Waals surface area contributed by atoms with Crippen molar-refractivity contribution in [1.82, 2.24) is 14.8 Å². The van der Waals surface area contributed by atoms with Crippen molar-refractivity contribution in [3.8, 4) is 0 Å². The molecule has 0 aliphatic heterocycles. The Hall–Kier alpha value is 0.0700. The van der Waals surface area contributed by atoms with E-state index < -0.39 is 20.0 Å². The highest BCUT2D eigenvalue weighted by Gasteiger charge is 2.11. The van der Waals surface area contributed by atoms with Crippen molar-refractivity contribution < 1.29 is 16.8 Å². The van der Waals surface area contributed by atoms with Crippen molar-refractivity contribution in [3.05, 3.63) is 0 Å². The first-order valence-corrected chi connectivity index (χ1v) is 8.79. The lowest BCUT2D eigenvalue weighted by Gasteiger charge is -2.07. The molecule has 0 saturated heterocycles. The summed E-state index contributed by atoms with van der Waals surface area (Å²) in [7, 11) is -6.74. The zero-order valence-corrected chi connectivity index (χ0v) is 13.0. The van der Waals surface area contributed by atoms with Gasteiger partial charge in [0.15, 0.2) is 0 Å². The van der Waals surface area contributed by atoms with Crippen LogP contribution < -0.4 is 14.8 Å². The quantitative estimate of drug-likeness (QED) is 0.442. The molecule has 18 heavy (non-hydrogen) atoms. The second-order valence-corrected chi connectivity index (χ2v) is 7.39. The predicted octanol–water partition coefficient (Wildman–Crippen LogP) is -1.12.